The van der Waals surface area contributed by atoms with Gasteiger partial charge >= 0.3 is 0 Å². The average molecular weight is 306 g/mol. The first kappa shape index (κ1) is 16.5. The van der Waals surface area contributed by atoms with Crippen LogP contribution in [-0.2, 0) is 16.1 Å². The molecule has 0 saturated heterocycles. The van der Waals surface area contributed by atoms with E-state index in [-0.39, 0.29) is 11.8 Å². The lowest BCUT2D eigenvalue weighted by molar-refractivity contribution is -0.127. The van der Waals surface area contributed by atoms with Crippen molar-refractivity contribution in [2.24, 2.45) is 5.92 Å². The van der Waals surface area contributed by atoms with E-state index >= 15 is 0 Å². The van der Waals surface area contributed by atoms with E-state index < -0.39 is 6.04 Å². The van der Waals surface area contributed by atoms with Crippen molar-refractivity contribution in [2.75, 3.05) is 11.4 Å². The summed E-state index contributed by atoms with van der Waals surface area (Å²) < 4.78 is 1.82. The summed E-state index contributed by atoms with van der Waals surface area (Å²) in [4.78, 5) is 26.5. The maximum absolute atomic E-state index is 12.5. The molecule has 2 heterocycles. The van der Waals surface area contributed by atoms with Crippen molar-refractivity contribution in [2.45, 2.75) is 59.5 Å². The zero-order valence-electron chi connectivity index (χ0n) is 13.9. The molecule has 0 unspecified atom stereocenters. The van der Waals surface area contributed by atoms with Crippen LogP contribution in [-0.4, -0.2) is 34.2 Å². The fourth-order valence-electron chi connectivity index (χ4n) is 2.76. The highest BCUT2D eigenvalue weighted by Gasteiger charge is 2.34. The molecule has 1 atom stereocenters. The Balaban J connectivity index is 2.15. The second-order valence-electron chi connectivity index (χ2n) is 6.28. The maximum Gasteiger partial charge on any atom is 0.243 e. The number of fused-ring (bicyclic) bond motifs is 1. The summed E-state index contributed by atoms with van der Waals surface area (Å²) in [5.41, 5.74) is 0.866. The van der Waals surface area contributed by atoms with E-state index in [2.05, 4.69) is 24.3 Å². The van der Waals surface area contributed by atoms with Gasteiger partial charge in [0.2, 0.25) is 11.8 Å². The fraction of sp³-hybridized carbons (Fsp3) is 0.688. The van der Waals surface area contributed by atoms with E-state index in [1.54, 1.807) is 4.90 Å². The Hall–Kier alpha value is -1.85. The summed E-state index contributed by atoms with van der Waals surface area (Å²) in [7, 11) is 0. The predicted molar refractivity (Wildman–Crippen MR) is 85.6 cm³/mol. The molecular weight excluding hydrogens is 280 g/mol. The summed E-state index contributed by atoms with van der Waals surface area (Å²) in [6.07, 6.45) is 1.92. The van der Waals surface area contributed by atoms with Gasteiger partial charge in [-0.2, -0.15) is 5.10 Å². The lowest BCUT2D eigenvalue weighted by atomic mass is 10.1. The number of nitrogens with zero attached hydrogens (tertiary/aromatic N) is 3. The van der Waals surface area contributed by atoms with Crippen LogP contribution < -0.4 is 10.2 Å². The maximum atomic E-state index is 12.5. The van der Waals surface area contributed by atoms with Crippen molar-refractivity contribution < 1.29 is 9.59 Å². The van der Waals surface area contributed by atoms with Gasteiger partial charge in [0.1, 0.15) is 11.9 Å². The van der Waals surface area contributed by atoms with Crippen molar-refractivity contribution in [3.05, 3.63) is 11.8 Å². The topological polar surface area (TPSA) is 67.2 Å². The minimum atomic E-state index is -0.463. The van der Waals surface area contributed by atoms with Crippen LogP contribution in [0.4, 0.5) is 5.82 Å². The molecule has 0 saturated carbocycles. The van der Waals surface area contributed by atoms with Gasteiger partial charge in [-0.3, -0.25) is 14.5 Å². The van der Waals surface area contributed by atoms with Crippen LogP contribution in [0.1, 0.15) is 45.7 Å². The van der Waals surface area contributed by atoms with Gasteiger partial charge in [0.15, 0.2) is 0 Å². The molecule has 0 spiro atoms. The standard InChI is InChI=1S/C16H26N4O2/c1-5-13(16(22)17-8-6-11(2)3)20-14-10-12(4)18-19(14)9-7-15(20)21/h10-11,13H,5-9H2,1-4H3,(H,17,22)/t13-/m1/s1. The van der Waals surface area contributed by atoms with E-state index in [1.807, 2.05) is 24.6 Å². The van der Waals surface area contributed by atoms with Gasteiger partial charge in [-0.05, 0) is 25.7 Å². The number of aryl methyl sites for hydroxylation is 2. The molecule has 0 bridgehead atoms. The van der Waals surface area contributed by atoms with Crippen LogP contribution in [0.15, 0.2) is 6.07 Å². The molecule has 1 aliphatic rings. The SMILES string of the molecule is CC[C@H](C(=O)NCCC(C)C)N1C(=O)CCn2nc(C)cc21. The summed E-state index contributed by atoms with van der Waals surface area (Å²) in [5.74, 6) is 1.20. The van der Waals surface area contributed by atoms with Crippen molar-refractivity contribution in [1.82, 2.24) is 15.1 Å². The summed E-state index contributed by atoms with van der Waals surface area (Å²) in [6.45, 7) is 9.31. The van der Waals surface area contributed by atoms with Gasteiger partial charge in [-0.15, -0.1) is 0 Å². The molecular formula is C16H26N4O2. The lowest BCUT2D eigenvalue weighted by Crippen LogP contribution is -2.52. The minimum Gasteiger partial charge on any atom is -0.354 e. The second kappa shape index (κ2) is 6.94. The Bertz CT molecular complexity index is 550. The number of hydrogen-bond donors (Lipinski definition) is 1. The van der Waals surface area contributed by atoms with Crippen molar-refractivity contribution in [1.29, 1.82) is 0 Å². The van der Waals surface area contributed by atoms with Crippen LogP contribution in [0.5, 0.6) is 0 Å². The molecule has 2 rings (SSSR count). The highest BCUT2D eigenvalue weighted by atomic mass is 16.2. The van der Waals surface area contributed by atoms with Crippen LogP contribution in [0.3, 0.4) is 0 Å². The summed E-state index contributed by atoms with van der Waals surface area (Å²) in [5, 5.41) is 7.35. The van der Waals surface area contributed by atoms with E-state index in [0.717, 1.165) is 17.9 Å². The number of carbonyl (C=O) groups is 2. The van der Waals surface area contributed by atoms with Gasteiger partial charge in [-0.1, -0.05) is 20.8 Å². The van der Waals surface area contributed by atoms with Gasteiger partial charge in [-0.25, -0.2) is 4.68 Å². The van der Waals surface area contributed by atoms with Crippen molar-refractivity contribution >= 4 is 17.6 Å². The van der Waals surface area contributed by atoms with E-state index in [9.17, 15) is 9.59 Å². The highest BCUT2D eigenvalue weighted by Crippen LogP contribution is 2.25. The molecule has 122 valence electrons. The number of aromatic nitrogens is 2. The molecule has 1 aromatic rings. The number of nitrogens with one attached hydrogen (secondary N) is 1. The molecule has 1 aliphatic heterocycles. The first-order valence-corrected chi connectivity index (χ1v) is 8.08. The van der Waals surface area contributed by atoms with Gasteiger partial charge in [0, 0.05) is 19.0 Å². The van der Waals surface area contributed by atoms with Crippen LogP contribution in [0, 0.1) is 12.8 Å². The molecule has 0 fully saturated rings. The number of amides is 2. The Kier molecular flexibility index (Phi) is 5.21. The third kappa shape index (κ3) is 3.48. The molecule has 2 amide bonds. The van der Waals surface area contributed by atoms with Gasteiger partial charge in [0.25, 0.3) is 0 Å². The summed E-state index contributed by atoms with van der Waals surface area (Å²) >= 11 is 0. The van der Waals surface area contributed by atoms with Crippen molar-refractivity contribution in [3.63, 3.8) is 0 Å². The van der Waals surface area contributed by atoms with E-state index in [4.69, 9.17) is 0 Å². The smallest absolute Gasteiger partial charge is 0.243 e. The molecule has 0 aromatic carbocycles. The Morgan fingerprint density at radius 2 is 2.18 bits per heavy atom. The number of carbonyl (C=O) groups excluding carboxylic acids is 2. The number of hydrogen-bond acceptors (Lipinski definition) is 3. The number of anilines is 1. The third-order valence-corrected chi connectivity index (χ3v) is 3.96. The molecule has 0 aliphatic carbocycles. The first-order chi connectivity index (χ1) is 10.4. The first-order valence-electron chi connectivity index (χ1n) is 8.08. The Morgan fingerprint density at radius 1 is 1.45 bits per heavy atom. The Morgan fingerprint density at radius 3 is 2.82 bits per heavy atom. The largest absolute Gasteiger partial charge is 0.354 e. The monoisotopic (exact) mass is 306 g/mol. The van der Waals surface area contributed by atoms with Crippen molar-refractivity contribution in [3.8, 4) is 0 Å². The molecule has 1 aromatic heterocycles. The molecule has 22 heavy (non-hydrogen) atoms. The van der Waals surface area contributed by atoms with Crippen LogP contribution in [0.2, 0.25) is 0 Å². The summed E-state index contributed by atoms with van der Waals surface area (Å²) in [6, 6.07) is 1.41. The van der Waals surface area contributed by atoms with Gasteiger partial charge < -0.3 is 5.32 Å². The molecule has 1 N–H and O–H groups in total. The minimum absolute atomic E-state index is 0.00161. The van der Waals surface area contributed by atoms with E-state index in [1.165, 1.54) is 0 Å². The molecule has 6 heteroatoms. The quantitative estimate of drug-likeness (QED) is 0.872. The van der Waals surface area contributed by atoms with Crippen LogP contribution >= 0.6 is 0 Å². The zero-order chi connectivity index (χ0) is 16.3. The molecule has 6 nitrogen and oxygen atoms in total. The predicted octanol–water partition coefficient (Wildman–Crippen LogP) is 1.87. The average Bonchev–Trinajstić information content (AvgIpc) is 2.82. The third-order valence-electron chi connectivity index (χ3n) is 3.96. The number of rotatable bonds is 6. The van der Waals surface area contributed by atoms with Gasteiger partial charge in [0.05, 0.1) is 12.2 Å². The lowest BCUT2D eigenvalue weighted by Gasteiger charge is -2.33. The van der Waals surface area contributed by atoms with E-state index in [0.29, 0.717) is 31.8 Å². The fourth-order valence-corrected chi connectivity index (χ4v) is 2.76. The normalized spacial score (nSPS) is 15.9. The Labute approximate surface area is 131 Å². The second-order valence-corrected chi connectivity index (χ2v) is 6.28. The van der Waals surface area contributed by atoms with Crippen LogP contribution in [0.25, 0.3) is 0 Å². The zero-order valence-corrected chi connectivity index (χ0v) is 13.9. The highest BCUT2D eigenvalue weighted by molar-refractivity contribution is 6.00. The molecule has 0 radical (unpaired) electrons.